The summed E-state index contributed by atoms with van der Waals surface area (Å²) >= 11 is 0. The van der Waals surface area contributed by atoms with E-state index in [9.17, 15) is 27.5 Å². The lowest BCUT2D eigenvalue weighted by Gasteiger charge is -2.12. The number of aromatic hydroxyl groups is 1. The molecule has 3 aromatic rings. The van der Waals surface area contributed by atoms with Crippen LogP contribution in [0.5, 0.6) is 17.2 Å². The van der Waals surface area contributed by atoms with Crippen molar-refractivity contribution in [1.29, 1.82) is 0 Å². The summed E-state index contributed by atoms with van der Waals surface area (Å²) in [7, 11) is 2.92. The third-order valence-corrected chi connectivity index (χ3v) is 3.87. The number of aliphatic carboxylic acids is 1. The summed E-state index contributed by atoms with van der Waals surface area (Å²) in [5, 5.41) is 17.5. The van der Waals surface area contributed by atoms with Gasteiger partial charge in [0.05, 0.1) is 30.8 Å². The fraction of sp³-hybridized carbons (Fsp3) is 0.158. The van der Waals surface area contributed by atoms with Gasteiger partial charge in [0.2, 0.25) is 5.43 Å². The van der Waals surface area contributed by atoms with E-state index in [0.717, 1.165) is 0 Å². The average molecular weight is 429 g/mol. The summed E-state index contributed by atoms with van der Waals surface area (Å²) in [4.78, 5) is 24.2. The highest BCUT2D eigenvalue weighted by Crippen LogP contribution is 2.34. The molecule has 0 fully saturated rings. The SMILES string of the molecule is COc1cc2[nH]c(-c3ccccc3F)c(O)c(=O)c2cc1OC.O=C(O)C(F)(F)F. The smallest absolute Gasteiger partial charge is 0.490 e. The standard InChI is InChI=1S/C17H14FNO4.C2HF3O2/c1-22-13-7-10-12(8-14(13)23-2)19-15(17(21)16(10)20)9-5-3-4-6-11(9)18;3-2(4,5)1(6)7/h3-8,21H,1-2H3,(H,19,20);(H,6,7). The molecule has 0 aliphatic carbocycles. The fourth-order valence-corrected chi connectivity index (χ4v) is 2.46. The molecule has 0 amide bonds. The molecule has 0 radical (unpaired) electrons. The van der Waals surface area contributed by atoms with E-state index in [-0.39, 0.29) is 16.6 Å². The molecule has 3 N–H and O–H groups in total. The molecule has 0 aliphatic rings. The third kappa shape index (κ3) is 4.62. The number of hydrogen-bond acceptors (Lipinski definition) is 5. The van der Waals surface area contributed by atoms with Crippen LogP contribution in [0, 0.1) is 5.82 Å². The zero-order valence-corrected chi connectivity index (χ0v) is 15.5. The zero-order valence-electron chi connectivity index (χ0n) is 15.5. The van der Waals surface area contributed by atoms with Crippen molar-refractivity contribution in [3.63, 3.8) is 0 Å². The number of carboxylic acid groups (broad SMARTS) is 1. The predicted molar refractivity (Wildman–Crippen MR) is 98.4 cm³/mol. The Hall–Kier alpha value is -3.76. The summed E-state index contributed by atoms with van der Waals surface area (Å²) in [5.41, 5.74) is -0.0757. The minimum absolute atomic E-state index is 0.0211. The van der Waals surface area contributed by atoms with Crippen molar-refractivity contribution in [2.75, 3.05) is 14.2 Å². The van der Waals surface area contributed by atoms with Gasteiger partial charge in [0.1, 0.15) is 5.82 Å². The van der Waals surface area contributed by atoms with Crippen LogP contribution in [-0.2, 0) is 4.79 Å². The maximum Gasteiger partial charge on any atom is 0.490 e. The van der Waals surface area contributed by atoms with Gasteiger partial charge in [0, 0.05) is 11.6 Å². The summed E-state index contributed by atoms with van der Waals surface area (Å²) in [6, 6.07) is 8.92. The Morgan fingerprint density at radius 1 is 1.07 bits per heavy atom. The number of benzene rings is 2. The van der Waals surface area contributed by atoms with Gasteiger partial charge >= 0.3 is 12.1 Å². The predicted octanol–water partition coefficient (Wildman–Crippen LogP) is 3.69. The van der Waals surface area contributed by atoms with E-state index in [4.69, 9.17) is 19.4 Å². The van der Waals surface area contributed by atoms with E-state index in [2.05, 4.69) is 4.98 Å². The van der Waals surface area contributed by atoms with E-state index in [1.54, 1.807) is 12.1 Å². The first-order chi connectivity index (χ1) is 14.0. The molecule has 0 unspecified atom stereocenters. The quantitative estimate of drug-likeness (QED) is 0.548. The van der Waals surface area contributed by atoms with Crippen molar-refractivity contribution >= 4 is 16.9 Å². The molecule has 0 spiro atoms. The van der Waals surface area contributed by atoms with Crippen LogP contribution in [0.3, 0.4) is 0 Å². The second-order valence-corrected chi connectivity index (χ2v) is 5.71. The number of methoxy groups -OCH3 is 2. The van der Waals surface area contributed by atoms with Crippen molar-refractivity contribution in [2.45, 2.75) is 6.18 Å². The Morgan fingerprint density at radius 2 is 1.60 bits per heavy atom. The highest BCUT2D eigenvalue weighted by molar-refractivity contribution is 5.87. The molecule has 1 heterocycles. The molecular formula is C19H15F4NO6. The molecule has 2 aromatic carbocycles. The highest BCUT2D eigenvalue weighted by atomic mass is 19.4. The maximum atomic E-state index is 14.0. The van der Waals surface area contributed by atoms with Gasteiger partial charge in [-0.15, -0.1) is 0 Å². The number of ether oxygens (including phenoxy) is 2. The monoisotopic (exact) mass is 429 g/mol. The topological polar surface area (TPSA) is 109 Å². The number of alkyl halides is 3. The van der Waals surface area contributed by atoms with Crippen molar-refractivity contribution in [2.24, 2.45) is 0 Å². The van der Waals surface area contributed by atoms with Gasteiger partial charge in [0.15, 0.2) is 17.2 Å². The number of carboxylic acids is 1. The lowest BCUT2D eigenvalue weighted by Crippen LogP contribution is -2.21. The largest absolute Gasteiger partial charge is 0.503 e. The Morgan fingerprint density at radius 3 is 2.10 bits per heavy atom. The molecule has 11 heteroatoms. The van der Waals surface area contributed by atoms with Gasteiger partial charge in [0.25, 0.3) is 0 Å². The lowest BCUT2D eigenvalue weighted by molar-refractivity contribution is -0.192. The van der Waals surface area contributed by atoms with Crippen LogP contribution >= 0.6 is 0 Å². The molecule has 0 bridgehead atoms. The van der Waals surface area contributed by atoms with Crippen LogP contribution in [0.4, 0.5) is 17.6 Å². The molecular weight excluding hydrogens is 414 g/mol. The first-order valence-corrected chi connectivity index (χ1v) is 8.07. The third-order valence-electron chi connectivity index (χ3n) is 3.87. The number of hydrogen-bond donors (Lipinski definition) is 3. The van der Waals surface area contributed by atoms with E-state index in [0.29, 0.717) is 17.0 Å². The number of rotatable bonds is 3. The van der Waals surface area contributed by atoms with Crippen LogP contribution in [0.25, 0.3) is 22.2 Å². The minimum atomic E-state index is -5.08. The molecule has 1 aromatic heterocycles. The van der Waals surface area contributed by atoms with Crippen LogP contribution in [0.15, 0.2) is 41.2 Å². The number of nitrogens with one attached hydrogen (secondary N) is 1. The molecule has 30 heavy (non-hydrogen) atoms. The lowest BCUT2D eigenvalue weighted by atomic mass is 10.1. The Bertz CT molecular complexity index is 1140. The molecule has 0 atom stereocenters. The summed E-state index contributed by atoms with van der Waals surface area (Å²) in [5.74, 6) is -3.06. The van der Waals surface area contributed by atoms with Crippen molar-refractivity contribution < 1.29 is 42.0 Å². The van der Waals surface area contributed by atoms with E-state index < -0.39 is 29.1 Å². The van der Waals surface area contributed by atoms with E-state index in [1.807, 2.05) is 0 Å². The van der Waals surface area contributed by atoms with Gasteiger partial charge < -0.3 is 24.7 Å². The molecule has 3 rings (SSSR count). The van der Waals surface area contributed by atoms with Gasteiger partial charge in [-0.05, 0) is 18.2 Å². The first kappa shape index (κ1) is 22.5. The van der Waals surface area contributed by atoms with Crippen molar-refractivity contribution in [1.82, 2.24) is 4.98 Å². The number of H-pyrrole nitrogens is 1. The van der Waals surface area contributed by atoms with Gasteiger partial charge in [-0.2, -0.15) is 13.2 Å². The van der Waals surface area contributed by atoms with Gasteiger partial charge in [-0.1, -0.05) is 12.1 Å². The molecule has 160 valence electrons. The van der Waals surface area contributed by atoms with Crippen LogP contribution in [0.2, 0.25) is 0 Å². The summed E-state index contributed by atoms with van der Waals surface area (Å²) in [6.45, 7) is 0. The first-order valence-electron chi connectivity index (χ1n) is 8.07. The maximum absolute atomic E-state index is 14.0. The highest BCUT2D eigenvalue weighted by Gasteiger charge is 2.38. The number of aromatic nitrogens is 1. The molecule has 7 nitrogen and oxygen atoms in total. The Kier molecular flexibility index (Phi) is 6.55. The molecule has 0 aliphatic heterocycles. The van der Waals surface area contributed by atoms with Crippen molar-refractivity contribution in [3.8, 4) is 28.5 Å². The Labute approximate surface area is 166 Å². The molecule has 0 saturated carbocycles. The second kappa shape index (κ2) is 8.72. The number of carbonyl (C=O) groups is 1. The average Bonchev–Trinajstić information content (AvgIpc) is 2.70. The fourth-order valence-electron chi connectivity index (χ4n) is 2.46. The number of halogens is 4. The van der Waals surface area contributed by atoms with Crippen LogP contribution < -0.4 is 14.9 Å². The van der Waals surface area contributed by atoms with Crippen LogP contribution in [-0.4, -0.2) is 41.6 Å². The van der Waals surface area contributed by atoms with Crippen molar-refractivity contribution in [3.05, 3.63) is 52.4 Å². The zero-order chi connectivity index (χ0) is 22.6. The summed E-state index contributed by atoms with van der Waals surface area (Å²) in [6.07, 6.45) is -5.08. The molecule has 0 saturated heterocycles. The van der Waals surface area contributed by atoms with Gasteiger partial charge in [-0.25, -0.2) is 9.18 Å². The second-order valence-electron chi connectivity index (χ2n) is 5.71. The number of aromatic amines is 1. The van der Waals surface area contributed by atoms with Crippen LogP contribution in [0.1, 0.15) is 0 Å². The normalized spacial score (nSPS) is 10.9. The van der Waals surface area contributed by atoms with Gasteiger partial charge in [-0.3, -0.25) is 4.79 Å². The van der Waals surface area contributed by atoms with E-state index in [1.165, 1.54) is 38.5 Å². The Balaban J connectivity index is 0.000000396. The number of pyridine rings is 1. The van der Waals surface area contributed by atoms with E-state index >= 15 is 0 Å². The summed E-state index contributed by atoms with van der Waals surface area (Å²) < 4.78 is 56.1. The number of fused-ring (bicyclic) bond motifs is 1. The minimum Gasteiger partial charge on any atom is -0.503 e.